The number of sulfonamides is 1. The molecule has 118 valence electrons. The van der Waals surface area contributed by atoms with Crippen LogP contribution in [0.3, 0.4) is 0 Å². The highest BCUT2D eigenvalue weighted by Crippen LogP contribution is 2.24. The van der Waals surface area contributed by atoms with E-state index < -0.39 is 10.0 Å². The van der Waals surface area contributed by atoms with Crippen LogP contribution in [0.15, 0.2) is 40.5 Å². The van der Waals surface area contributed by atoms with Crippen molar-refractivity contribution in [2.24, 2.45) is 0 Å². The van der Waals surface area contributed by atoms with Crippen LogP contribution >= 0.6 is 11.8 Å². The predicted octanol–water partition coefficient (Wildman–Crippen LogP) is 1.52. The highest BCUT2D eigenvalue weighted by atomic mass is 32.2. The smallest absolute Gasteiger partial charge is 0.240 e. The lowest BCUT2D eigenvalue weighted by Crippen LogP contribution is -2.26. The predicted molar refractivity (Wildman–Crippen MR) is 84.8 cm³/mol. The maximum absolute atomic E-state index is 12.2. The molecule has 1 aromatic carbocycles. The molecule has 0 unspecified atom stereocenters. The summed E-state index contributed by atoms with van der Waals surface area (Å²) >= 11 is 1.73. The second-order valence-electron chi connectivity index (χ2n) is 4.88. The quantitative estimate of drug-likeness (QED) is 0.864. The van der Waals surface area contributed by atoms with Crippen LogP contribution in [0.5, 0.6) is 5.75 Å². The van der Waals surface area contributed by atoms with Gasteiger partial charge < -0.3 is 9.30 Å². The fourth-order valence-electron chi connectivity index (χ4n) is 2.23. The van der Waals surface area contributed by atoms with E-state index in [1.54, 1.807) is 31.0 Å². The molecule has 0 saturated heterocycles. The van der Waals surface area contributed by atoms with E-state index in [1.807, 2.05) is 6.20 Å². The Balaban J connectivity index is 1.59. The number of aromatic nitrogens is 2. The number of nitrogens with zero attached hydrogens (tertiary/aromatic N) is 2. The molecule has 0 fully saturated rings. The number of aryl methyl sites for hydroxylation is 1. The Bertz CT molecular complexity index is 733. The topological polar surface area (TPSA) is 73.2 Å². The number of benzene rings is 1. The van der Waals surface area contributed by atoms with Crippen molar-refractivity contribution < 1.29 is 13.2 Å². The Morgan fingerprint density at radius 2 is 2.14 bits per heavy atom. The van der Waals surface area contributed by atoms with E-state index in [9.17, 15) is 8.42 Å². The minimum atomic E-state index is -3.50. The minimum Gasteiger partial charge on any atom is -0.497 e. The summed E-state index contributed by atoms with van der Waals surface area (Å²) in [6.45, 7) is 1.31. The van der Waals surface area contributed by atoms with Gasteiger partial charge in [-0.15, -0.1) is 0 Å². The normalized spacial score (nSPS) is 14.0. The first-order valence-electron chi connectivity index (χ1n) is 6.91. The zero-order chi connectivity index (χ0) is 15.6. The van der Waals surface area contributed by atoms with Gasteiger partial charge in [0.05, 0.1) is 17.7 Å². The first-order valence-corrected chi connectivity index (χ1v) is 9.38. The molecule has 2 aromatic rings. The lowest BCUT2D eigenvalue weighted by molar-refractivity contribution is 0.414. The molecule has 1 aromatic heterocycles. The molecule has 0 bridgehead atoms. The summed E-state index contributed by atoms with van der Waals surface area (Å²) in [6, 6.07) is 6.32. The molecule has 0 amide bonds. The van der Waals surface area contributed by atoms with Gasteiger partial charge in [-0.3, -0.25) is 0 Å². The molecule has 22 heavy (non-hydrogen) atoms. The molecule has 0 saturated carbocycles. The van der Waals surface area contributed by atoms with Crippen molar-refractivity contribution >= 4 is 21.8 Å². The van der Waals surface area contributed by atoms with Crippen LogP contribution in [0.1, 0.15) is 5.69 Å². The van der Waals surface area contributed by atoms with E-state index in [0.717, 1.165) is 23.1 Å². The van der Waals surface area contributed by atoms with Crippen molar-refractivity contribution in [3.8, 4) is 5.75 Å². The van der Waals surface area contributed by atoms with Crippen LogP contribution in [-0.4, -0.2) is 37.4 Å². The lowest BCUT2D eigenvalue weighted by Gasteiger charge is -2.06. The summed E-state index contributed by atoms with van der Waals surface area (Å²) in [4.78, 5) is 4.71. The zero-order valence-electron chi connectivity index (χ0n) is 12.2. The number of nitrogens with one attached hydrogen (secondary N) is 1. The summed E-state index contributed by atoms with van der Waals surface area (Å²) in [5.41, 5.74) is 0.916. The van der Waals surface area contributed by atoms with Crippen molar-refractivity contribution in [2.45, 2.75) is 23.0 Å². The number of methoxy groups -OCH3 is 1. The number of imidazole rings is 1. The monoisotopic (exact) mass is 339 g/mol. The standard InChI is InChI=1S/C14H17N3O3S2/c1-20-12-2-4-13(5-3-12)22(18,19)15-7-6-11-10-17-8-9-21-14(17)16-11/h2-5,10,15H,6-9H2,1H3. The summed E-state index contributed by atoms with van der Waals surface area (Å²) in [7, 11) is -1.95. The van der Waals surface area contributed by atoms with Gasteiger partial charge in [0, 0.05) is 31.5 Å². The summed E-state index contributed by atoms with van der Waals surface area (Å²) in [5, 5.41) is 1.02. The van der Waals surface area contributed by atoms with Crippen molar-refractivity contribution in [1.29, 1.82) is 0 Å². The third kappa shape index (κ3) is 3.29. The third-order valence-corrected chi connectivity index (χ3v) is 5.84. The fourth-order valence-corrected chi connectivity index (χ4v) is 4.23. The van der Waals surface area contributed by atoms with E-state index in [4.69, 9.17) is 4.74 Å². The van der Waals surface area contributed by atoms with E-state index in [0.29, 0.717) is 18.7 Å². The van der Waals surface area contributed by atoms with E-state index in [-0.39, 0.29) is 4.90 Å². The molecule has 1 aliphatic rings. The van der Waals surface area contributed by atoms with Crippen molar-refractivity contribution in [3.05, 3.63) is 36.2 Å². The van der Waals surface area contributed by atoms with Crippen molar-refractivity contribution in [2.75, 3.05) is 19.4 Å². The van der Waals surface area contributed by atoms with Gasteiger partial charge in [-0.2, -0.15) is 0 Å². The molecule has 0 aliphatic carbocycles. The first-order chi connectivity index (χ1) is 10.6. The van der Waals surface area contributed by atoms with Crippen LogP contribution in [0.2, 0.25) is 0 Å². The highest BCUT2D eigenvalue weighted by molar-refractivity contribution is 7.99. The molecule has 0 radical (unpaired) electrons. The van der Waals surface area contributed by atoms with Crippen molar-refractivity contribution in [1.82, 2.24) is 14.3 Å². The van der Waals surface area contributed by atoms with Crippen LogP contribution in [-0.2, 0) is 23.0 Å². The molecule has 0 spiro atoms. The molecule has 1 aliphatic heterocycles. The van der Waals surface area contributed by atoms with Crippen LogP contribution in [0.4, 0.5) is 0 Å². The summed E-state index contributed by atoms with van der Waals surface area (Å²) in [6.07, 6.45) is 2.58. The molecule has 8 heteroatoms. The van der Waals surface area contributed by atoms with Crippen LogP contribution < -0.4 is 9.46 Å². The van der Waals surface area contributed by atoms with E-state index in [1.165, 1.54) is 12.1 Å². The molecular weight excluding hydrogens is 322 g/mol. The van der Waals surface area contributed by atoms with E-state index in [2.05, 4.69) is 14.3 Å². The molecule has 6 nitrogen and oxygen atoms in total. The van der Waals surface area contributed by atoms with Crippen molar-refractivity contribution in [3.63, 3.8) is 0 Å². The van der Waals surface area contributed by atoms with Gasteiger partial charge in [-0.25, -0.2) is 18.1 Å². The second-order valence-corrected chi connectivity index (χ2v) is 7.71. The average molecular weight is 339 g/mol. The third-order valence-electron chi connectivity index (χ3n) is 3.40. The second kappa shape index (κ2) is 6.31. The average Bonchev–Trinajstić information content (AvgIpc) is 3.08. The van der Waals surface area contributed by atoms with Gasteiger partial charge in [0.15, 0.2) is 5.16 Å². The van der Waals surface area contributed by atoms with Gasteiger partial charge in [-0.05, 0) is 24.3 Å². The van der Waals surface area contributed by atoms with Gasteiger partial charge >= 0.3 is 0 Å². The highest BCUT2D eigenvalue weighted by Gasteiger charge is 2.16. The number of rotatable bonds is 6. The van der Waals surface area contributed by atoms with Crippen LogP contribution in [0, 0.1) is 0 Å². The fraction of sp³-hybridized carbons (Fsp3) is 0.357. The maximum Gasteiger partial charge on any atom is 0.240 e. The number of fused-ring (bicyclic) bond motifs is 1. The number of ether oxygens (including phenoxy) is 1. The van der Waals surface area contributed by atoms with Gasteiger partial charge in [0.25, 0.3) is 0 Å². The first kappa shape index (κ1) is 15.4. The minimum absolute atomic E-state index is 0.233. The Morgan fingerprint density at radius 1 is 1.36 bits per heavy atom. The van der Waals surface area contributed by atoms with Crippen LogP contribution in [0.25, 0.3) is 0 Å². The summed E-state index contributed by atoms with van der Waals surface area (Å²) in [5.74, 6) is 1.69. The molecule has 0 atom stereocenters. The Labute approximate surface area is 133 Å². The molecule has 2 heterocycles. The van der Waals surface area contributed by atoms with Gasteiger partial charge in [0.1, 0.15) is 5.75 Å². The molecular formula is C14H17N3O3S2. The molecule has 1 N–H and O–H groups in total. The van der Waals surface area contributed by atoms with Gasteiger partial charge in [-0.1, -0.05) is 11.8 Å². The largest absolute Gasteiger partial charge is 0.497 e. The SMILES string of the molecule is COc1ccc(S(=O)(=O)NCCc2cn3c(n2)SCC3)cc1. The van der Waals surface area contributed by atoms with Gasteiger partial charge in [0.2, 0.25) is 10.0 Å². The maximum atomic E-state index is 12.2. The molecule has 3 rings (SSSR count). The Hall–Kier alpha value is -1.51. The zero-order valence-corrected chi connectivity index (χ0v) is 13.8. The Morgan fingerprint density at radius 3 is 2.82 bits per heavy atom. The Kier molecular flexibility index (Phi) is 4.42. The lowest BCUT2D eigenvalue weighted by atomic mass is 10.3. The summed E-state index contributed by atoms with van der Waals surface area (Å²) < 4.78 is 34.1. The number of hydrogen-bond acceptors (Lipinski definition) is 5. The van der Waals surface area contributed by atoms with E-state index >= 15 is 0 Å². The number of hydrogen-bond donors (Lipinski definition) is 1. The number of thioether (sulfide) groups is 1.